The molecule has 0 bridgehead atoms. The molecule has 3 unspecified atom stereocenters. The van der Waals surface area contributed by atoms with E-state index in [0.717, 1.165) is 43.8 Å². The van der Waals surface area contributed by atoms with E-state index in [1.807, 2.05) is 44.1 Å². The summed E-state index contributed by atoms with van der Waals surface area (Å²) in [7, 11) is 4.59. The number of nitrogens with zero attached hydrogens (tertiary/aromatic N) is 1. The van der Waals surface area contributed by atoms with Crippen LogP contribution < -0.4 is 16.0 Å². The summed E-state index contributed by atoms with van der Waals surface area (Å²) >= 11 is 3.29. The van der Waals surface area contributed by atoms with E-state index in [-0.39, 0.29) is 12.0 Å². The number of hydrogen-bond acceptors (Lipinski definition) is 6. The van der Waals surface area contributed by atoms with Crippen LogP contribution in [0.4, 0.5) is 5.69 Å². The molecule has 6 nitrogen and oxygen atoms in total. The molecule has 1 fully saturated rings. The van der Waals surface area contributed by atoms with Gasteiger partial charge in [0, 0.05) is 43.2 Å². The van der Waals surface area contributed by atoms with Gasteiger partial charge in [-0.05, 0) is 80.9 Å². The molecule has 0 aromatic heterocycles. The number of aldehydes is 1. The minimum atomic E-state index is -1.10. The van der Waals surface area contributed by atoms with Crippen LogP contribution in [0.25, 0.3) is 0 Å². The first-order valence-electron chi connectivity index (χ1n) is 14.2. The Morgan fingerprint density at radius 2 is 1.74 bits per heavy atom. The maximum atomic E-state index is 11.6. The number of nitrogens with one attached hydrogen (secondary N) is 3. The summed E-state index contributed by atoms with van der Waals surface area (Å²) in [6.45, 7) is 1.92. The number of carbonyl (C=O) groups excluding carboxylic acids is 1. The van der Waals surface area contributed by atoms with E-state index in [0.29, 0.717) is 0 Å². The van der Waals surface area contributed by atoms with Crippen LogP contribution >= 0.6 is 11.8 Å². The van der Waals surface area contributed by atoms with Gasteiger partial charge in [0.2, 0.25) is 0 Å². The summed E-state index contributed by atoms with van der Waals surface area (Å²) in [5.41, 5.74) is 2.19. The van der Waals surface area contributed by atoms with Crippen molar-refractivity contribution in [3.8, 4) is 0 Å². The van der Waals surface area contributed by atoms with Gasteiger partial charge in [0.25, 0.3) is 0 Å². The van der Waals surface area contributed by atoms with Crippen molar-refractivity contribution in [2.75, 3.05) is 51.6 Å². The summed E-state index contributed by atoms with van der Waals surface area (Å²) in [5, 5.41) is 9.62. The molecule has 1 aromatic carbocycles. The van der Waals surface area contributed by atoms with E-state index in [2.05, 4.69) is 44.7 Å². The minimum absolute atomic E-state index is 0.150. The molecule has 2 aliphatic carbocycles. The standard InChI is InChI=1S/C15H23NS.C14H25N3O2S.CH3.Pb/c1-16-14-8-10-15(11-9-14)17-12-4-2-3-5-13-6-7-13;1-15-8-4-5-9-16-13-7-6-12(11-18)14(10-13)17(2)20(3)19;;/h8-11,13,16H,2-7,12H2,1H3;6-7,10-12,14-16H,4-5,8-9H2,1-3H3;1H3;. The average Bonchev–Trinajstić information content (AvgIpc) is 3.80. The van der Waals surface area contributed by atoms with Crippen LogP contribution in [-0.4, -0.2) is 92.9 Å². The average molecular weight is 771 g/mol. The zero-order valence-electron chi connectivity index (χ0n) is 24.7. The van der Waals surface area contributed by atoms with Gasteiger partial charge in [0.05, 0.1) is 22.9 Å². The Labute approximate surface area is 261 Å². The normalized spacial score (nSPS) is 18.7. The van der Waals surface area contributed by atoms with Crippen LogP contribution in [-0.2, 0) is 15.8 Å². The molecule has 0 spiro atoms. The van der Waals surface area contributed by atoms with Crippen molar-refractivity contribution in [1.29, 1.82) is 0 Å². The Morgan fingerprint density at radius 1 is 1.05 bits per heavy atom. The van der Waals surface area contributed by atoms with Crippen molar-refractivity contribution in [1.82, 2.24) is 14.9 Å². The summed E-state index contributed by atoms with van der Waals surface area (Å²) in [6, 6.07) is 8.56. The number of hydrogen-bond donors (Lipinski definition) is 3. The Kier molecular flexibility index (Phi) is 21.4. The number of anilines is 1. The van der Waals surface area contributed by atoms with Crippen LogP contribution in [0.1, 0.15) is 51.4 Å². The number of likely N-dealkylation sites (N-methyl/N-ethyl adjacent to an activating group) is 1. The number of carbonyl (C=O) groups is 1. The molecular formula is C30H51N4O2PbS2. The number of rotatable bonds is 17. The second-order valence-electron chi connectivity index (χ2n) is 9.81. The van der Waals surface area contributed by atoms with Gasteiger partial charge in [-0.2, -0.15) is 0 Å². The molecule has 3 radical (unpaired) electrons. The molecular weight excluding hydrogens is 720 g/mol. The summed E-state index contributed by atoms with van der Waals surface area (Å²) in [5.74, 6) is 2.14. The van der Waals surface area contributed by atoms with E-state index in [1.165, 1.54) is 80.6 Å². The van der Waals surface area contributed by atoms with Crippen molar-refractivity contribution < 1.29 is 9.00 Å². The fourth-order valence-corrected chi connectivity index (χ4v) is 5.58. The zero-order valence-corrected chi connectivity index (χ0v) is 30.2. The third kappa shape index (κ3) is 16.4. The molecule has 39 heavy (non-hydrogen) atoms. The van der Waals surface area contributed by atoms with Gasteiger partial charge in [-0.15, -0.1) is 11.8 Å². The first kappa shape index (κ1) is 36.3. The van der Waals surface area contributed by atoms with Gasteiger partial charge in [-0.25, -0.2) is 8.51 Å². The van der Waals surface area contributed by atoms with Gasteiger partial charge in [0.1, 0.15) is 6.29 Å². The number of benzene rings is 1. The topological polar surface area (TPSA) is 73.5 Å². The second-order valence-corrected chi connectivity index (χ2v) is 12.4. The van der Waals surface area contributed by atoms with Crippen molar-refractivity contribution >= 4 is 60.5 Å². The van der Waals surface area contributed by atoms with E-state index in [1.54, 1.807) is 17.6 Å². The van der Waals surface area contributed by atoms with Crippen LogP contribution in [0, 0.1) is 11.8 Å². The Bertz CT molecular complexity index is 863. The quantitative estimate of drug-likeness (QED) is 0.0851. The molecule has 3 atom stereocenters. The fourth-order valence-electron chi connectivity index (χ4n) is 4.13. The van der Waals surface area contributed by atoms with E-state index in [9.17, 15) is 9.00 Å². The van der Waals surface area contributed by atoms with E-state index >= 15 is 0 Å². The van der Waals surface area contributed by atoms with E-state index in [4.69, 9.17) is 0 Å². The first-order valence-corrected chi connectivity index (χ1v) is 20.6. The predicted molar refractivity (Wildman–Crippen MR) is 173 cm³/mol. The third-order valence-corrected chi connectivity index (χ3v) is 8.93. The van der Waals surface area contributed by atoms with Gasteiger partial charge >= 0.3 is 30.3 Å². The third-order valence-electron chi connectivity index (χ3n) is 6.77. The first-order chi connectivity index (χ1) is 19.0. The monoisotopic (exact) mass is 771 g/mol. The second kappa shape index (κ2) is 22.9. The Balaban J connectivity index is 0.000000370. The summed E-state index contributed by atoms with van der Waals surface area (Å²) in [4.78, 5) is 12.5. The van der Waals surface area contributed by atoms with Crippen LogP contribution in [0.3, 0.4) is 0 Å². The van der Waals surface area contributed by atoms with Gasteiger partial charge in [0.15, 0.2) is 0 Å². The molecule has 9 heteroatoms. The van der Waals surface area contributed by atoms with Gasteiger partial charge in [-0.3, -0.25) is 0 Å². The molecule has 0 heterocycles. The fraction of sp³-hybridized carbons (Fsp3) is 0.633. The maximum absolute atomic E-state index is 11.6. The van der Waals surface area contributed by atoms with Gasteiger partial charge < -0.3 is 20.7 Å². The zero-order chi connectivity index (χ0) is 28.9. The molecule has 0 aliphatic heterocycles. The van der Waals surface area contributed by atoms with Gasteiger partial charge in [-0.1, -0.05) is 38.2 Å². The molecule has 3 rings (SSSR count). The predicted octanol–water partition coefficient (Wildman–Crippen LogP) is 5.43. The van der Waals surface area contributed by atoms with Crippen LogP contribution in [0.2, 0.25) is 4.48 Å². The van der Waals surface area contributed by atoms with E-state index < -0.39 is 11.0 Å². The molecule has 219 valence electrons. The number of allylic oxidation sites excluding steroid dienone is 1. The molecule has 1 aromatic rings. The Morgan fingerprint density at radius 3 is 2.33 bits per heavy atom. The Hall–Kier alpha value is -0.688. The molecule has 1 saturated carbocycles. The van der Waals surface area contributed by atoms with Crippen molar-refractivity contribution in [2.45, 2.75) is 66.8 Å². The molecule has 0 amide bonds. The van der Waals surface area contributed by atoms with Crippen LogP contribution in [0.5, 0.6) is 0 Å². The van der Waals surface area contributed by atoms with Crippen molar-refractivity contribution in [3.05, 3.63) is 48.2 Å². The van der Waals surface area contributed by atoms with Crippen LogP contribution in [0.15, 0.2) is 53.1 Å². The van der Waals surface area contributed by atoms with Crippen molar-refractivity contribution in [2.24, 2.45) is 11.8 Å². The summed E-state index contributed by atoms with van der Waals surface area (Å²) in [6.07, 6.45) is 19.3. The molecule has 2 aliphatic rings. The molecule has 3 N–H and O–H groups in total. The summed E-state index contributed by atoms with van der Waals surface area (Å²) < 4.78 is 15.4. The number of thioether (sulfide) groups is 1. The molecule has 0 saturated heterocycles. The SMILES string of the molecule is CNCCCCNC1=CC(N(C)S(C)=O)C(C=O)C=C1.CNc1ccc(SCCCCCC2CC2)cc1.[CH3][Pb]. The number of unbranched alkanes of at least 4 members (excludes halogenated alkanes) is 3. The van der Waals surface area contributed by atoms with Crippen molar-refractivity contribution in [3.63, 3.8) is 0 Å².